The largest absolute Gasteiger partial charge is 0.468 e. The summed E-state index contributed by atoms with van der Waals surface area (Å²) in [5, 5.41) is 3.32. The monoisotopic (exact) mass is 302 g/mol. The lowest BCUT2D eigenvalue weighted by Gasteiger charge is -2.31. The Morgan fingerprint density at radius 1 is 1.33 bits per heavy atom. The van der Waals surface area contributed by atoms with Gasteiger partial charge < -0.3 is 14.8 Å². The van der Waals surface area contributed by atoms with Crippen molar-refractivity contribution >= 4 is 5.97 Å². The first-order valence-corrected chi connectivity index (χ1v) is 8.01. The average molecular weight is 302 g/mol. The lowest BCUT2D eigenvalue weighted by atomic mass is 9.95. The maximum atomic E-state index is 12.0. The van der Waals surface area contributed by atoms with E-state index in [0.717, 1.165) is 45.5 Å². The zero-order valence-electron chi connectivity index (χ0n) is 14.7. The maximum Gasteiger partial charge on any atom is 0.325 e. The van der Waals surface area contributed by atoms with Crippen LogP contribution in [-0.4, -0.2) is 62.9 Å². The van der Waals surface area contributed by atoms with Crippen molar-refractivity contribution in [3.05, 3.63) is 0 Å². The summed E-state index contributed by atoms with van der Waals surface area (Å²) in [4.78, 5) is 14.4. The highest BCUT2D eigenvalue weighted by Crippen LogP contribution is 2.16. The molecule has 0 amide bonds. The van der Waals surface area contributed by atoms with E-state index in [9.17, 15) is 4.79 Å². The molecular formula is C16H34N2O3. The number of carbonyl (C=O) groups is 1. The molecule has 0 spiro atoms. The van der Waals surface area contributed by atoms with Crippen molar-refractivity contribution in [1.29, 1.82) is 0 Å². The highest BCUT2D eigenvalue weighted by molar-refractivity contribution is 5.80. The molecule has 0 aliphatic rings. The Labute approximate surface area is 130 Å². The molecule has 5 nitrogen and oxygen atoms in total. The zero-order valence-corrected chi connectivity index (χ0v) is 14.7. The fourth-order valence-electron chi connectivity index (χ4n) is 2.56. The van der Waals surface area contributed by atoms with E-state index in [1.807, 2.05) is 6.92 Å². The molecule has 126 valence electrons. The number of nitrogens with one attached hydrogen (secondary N) is 1. The van der Waals surface area contributed by atoms with E-state index in [4.69, 9.17) is 9.47 Å². The van der Waals surface area contributed by atoms with E-state index >= 15 is 0 Å². The normalized spacial score (nSPS) is 15.8. The maximum absolute atomic E-state index is 12.0. The van der Waals surface area contributed by atoms with Crippen molar-refractivity contribution in [3.8, 4) is 0 Å². The highest BCUT2D eigenvalue weighted by atomic mass is 16.5. The number of ether oxygens (including phenoxy) is 2. The van der Waals surface area contributed by atoms with Crippen LogP contribution in [0.25, 0.3) is 0 Å². The Kier molecular flexibility index (Phi) is 10.6. The van der Waals surface area contributed by atoms with Gasteiger partial charge in [-0.05, 0) is 52.7 Å². The van der Waals surface area contributed by atoms with Crippen LogP contribution >= 0.6 is 0 Å². The van der Waals surface area contributed by atoms with Crippen LogP contribution in [0.4, 0.5) is 0 Å². The lowest BCUT2D eigenvalue weighted by molar-refractivity contribution is -0.148. The number of nitrogens with zero attached hydrogens (tertiary/aromatic N) is 1. The van der Waals surface area contributed by atoms with E-state index in [2.05, 4.69) is 31.0 Å². The van der Waals surface area contributed by atoms with Gasteiger partial charge in [0.2, 0.25) is 0 Å². The van der Waals surface area contributed by atoms with Gasteiger partial charge in [-0.25, -0.2) is 0 Å². The molecule has 2 atom stereocenters. The quantitative estimate of drug-likeness (QED) is 0.559. The molecule has 0 aromatic rings. The van der Waals surface area contributed by atoms with Gasteiger partial charge >= 0.3 is 5.97 Å². The molecule has 0 aliphatic carbocycles. The number of hydrogen-bond donors (Lipinski definition) is 1. The molecule has 0 heterocycles. The van der Waals surface area contributed by atoms with Crippen LogP contribution in [0.5, 0.6) is 0 Å². The predicted molar refractivity (Wildman–Crippen MR) is 86.5 cm³/mol. The smallest absolute Gasteiger partial charge is 0.325 e. The molecule has 5 heteroatoms. The molecule has 2 unspecified atom stereocenters. The minimum Gasteiger partial charge on any atom is -0.468 e. The average Bonchev–Trinajstić information content (AvgIpc) is 2.48. The van der Waals surface area contributed by atoms with Crippen LogP contribution in [0.3, 0.4) is 0 Å². The number of carbonyl (C=O) groups excluding carboxylic acids is 1. The molecule has 1 N–H and O–H groups in total. The summed E-state index contributed by atoms with van der Waals surface area (Å²) < 4.78 is 10.2. The summed E-state index contributed by atoms with van der Waals surface area (Å²) in [5.74, 6) is -0.177. The summed E-state index contributed by atoms with van der Waals surface area (Å²) in [6, 6.07) is 0.396. The van der Waals surface area contributed by atoms with Crippen LogP contribution in [0.2, 0.25) is 0 Å². The van der Waals surface area contributed by atoms with Gasteiger partial charge in [-0.15, -0.1) is 0 Å². The van der Waals surface area contributed by atoms with Crippen molar-refractivity contribution < 1.29 is 14.3 Å². The lowest BCUT2D eigenvalue weighted by Crippen LogP contribution is -2.51. The van der Waals surface area contributed by atoms with Crippen molar-refractivity contribution in [1.82, 2.24) is 10.2 Å². The van der Waals surface area contributed by atoms with Gasteiger partial charge in [-0.1, -0.05) is 13.8 Å². The minimum absolute atomic E-state index is 0.177. The Morgan fingerprint density at radius 2 is 2.00 bits per heavy atom. The van der Waals surface area contributed by atoms with E-state index in [0.29, 0.717) is 6.04 Å². The van der Waals surface area contributed by atoms with Crippen LogP contribution in [0, 0.1) is 0 Å². The molecule has 0 rings (SSSR count). The number of methoxy groups -OCH3 is 2. The first kappa shape index (κ1) is 20.3. The van der Waals surface area contributed by atoms with E-state index in [1.165, 1.54) is 7.11 Å². The molecule has 0 aliphatic heterocycles. The van der Waals surface area contributed by atoms with Crippen molar-refractivity contribution in [3.63, 3.8) is 0 Å². The molecule has 0 fully saturated rings. The Bertz CT molecular complexity index is 287. The van der Waals surface area contributed by atoms with E-state index in [1.54, 1.807) is 7.11 Å². The van der Waals surface area contributed by atoms with Crippen molar-refractivity contribution in [2.24, 2.45) is 0 Å². The molecule has 0 bridgehead atoms. The number of likely N-dealkylation sites (N-methyl/N-ethyl adjacent to an activating group) is 1. The van der Waals surface area contributed by atoms with Gasteiger partial charge in [0, 0.05) is 13.2 Å². The summed E-state index contributed by atoms with van der Waals surface area (Å²) in [7, 11) is 3.18. The highest BCUT2D eigenvalue weighted by Gasteiger charge is 2.33. The van der Waals surface area contributed by atoms with Gasteiger partial charge in [-0.3, -0.25) is 9.69 Å². The van der Waals surface area contributed by atoms with Crippen LogP contribution in [0.1, 0.15) is 47.0 Å². The summed E-state index contributed by atoms with van der Waals surface area (Å²) in [6.07, 6.45) is 2.72. The fourth-order valence-corrected chi connectivity index (χ4v) is 2.56. The third kappa shape index (κ3) is 7.25. The molecule has 0 radical (unpaired) electrons. The van der Waals surface area contributed by atoms with E-state index in [-0.39, 0.29) is 5.97 Å². The van der Waals surface area contributed by atoms with Gasteiger partial charge in [0.05, 0.1) is 13.7 Å². The topological polar surface area (TPSA) is 50.8 Å². The SMILES string of the molecule is CCCNC(C)(CCCN(CC)C(C)COC)C(=O)OC. The fraction of sp³-hybridized carbons (Fsp3) is 0.938. The third-order valence-corrected chi connectivity index (χ3v) is 3.96. The molecule has 0 saturated carbocycles. The zero-order chi connectivity index (χ0) is 16.3. The first-order chi connectivity index (χ1) is 9.95. The van der Waals surface area contributed by atoms with Gasteiger partial charge in [-0.2, -0.15) is 0 Å². The Balaban J connectivity index is 4.43. The molecule has 0 saturated heterocycles. The van der Waals surface area contributed by atoms with Crippen molar-refractivity contribution in [2.45, 2.75) is 58.5 Å². The minimum atomic E-state index is -0.589. The standard InChI is InChI=1S/C16H34N2O3/c1-7-11-17-16(4,15(19)21-6)10-9-12-18(8-2)14(3)13-20-5/h14,17H,7-13H2,1-6H3. The second-order valence-electron chi connectivity index (χ2n) is 5.79. The number of esters is 1. The van der Waals surface area contributed by atoms with Crippen LogP contribution in [0.15, 0.2) is 0 Å². The van der Waals surface area contributed by atoms with Crippen LogP contribution in [-0.2, 0) is 14.3 Å². The third-order valence-electron chi connectivity index (χ3n) is 3.96. The number of hydrogen-bond acceptors (Lipinski definition) is 5. The van der Waals surface area contributed by atoms with Gasteiger partial charge in [0.15, 0.2) is 0 Å². The molecular weight excluding hydrogens is 268 g/mol. The van der Waals surface area contributed by atoms with E-state index < -0.39 is 5.54 Å². The van der Waals surface area contributed by atoms with Gasteiger partial charge in [0.25, 0.3) is 0 Å². The molecule has 21 heavy (non-hydrogen) atoms. The second kappa shape index (κ2) is 11.0. The Morgan fingerprint density at radius 3 is 2.48 bits per heavy atom. The Hall–Kier alpha value is -0.650. The number of rotatable bonds is 12. The molecule has 0 aromatic heterocycles. The van der Waals surface area contributed by atoms with Gasteiger partial charge in [0.1, 0.15) is 5.54 Å². The predicted octanol–water partition coefficient (Wildman–Crippen LogP) is 2.05. The van der Waals surface area contributed by atoms with Crippen LogP contribution < -0.4 is 5.32 Å². The second-order valence-corrected chi connectivity index (χ2v) is 5.79. The summed E-state index contributed by atoms with van der Waals surface area (Å²) in [5.41, 5.74) is -0.589. The first-order valence-electron chi connectivity index (χ1n) is 8.01. The molecule has 0 aromatic carbocycles. The summed E-state index contributed by atoms with van der Waals surface area (Å²) >= 11 is 0. The summed E-state index contributed by atoms with van der Waals surface area (Å²) in [6.45, 7) is 11.9. The van der Waals surface area contributed by atoms with Crippen molar-refractivity contribution in [2.75, 3.05) is 40.5 Å².